The Kier molecular flexibility index (Phi) is 6.50. The number of nitrogens with one attached hydrogen (secondary N) is 1. The van der Waals surface area contributed by atoms with Crippen LogP contribution in [0.25, 0.3) is 0 Å². The van der Waals surface area contributed by atoms with Gasteiger partial charge in [0.1, 0.15) is 0 Å². The van der Waals surface area contributed by atoms with Crippen molar-refractivity contribution in [1.29, 1.82) is 0 Å². The van der Waals surface area contributed by atoms with Crippen molar-refractivity contribution in [3.63, 3.8) is 0 Å². The predicted octanol–water partition coefficient (Wildman–Crippen LogP) is 0.779. The molecular formula is C12H21N3O2. The Bertz CT molecular complexity index is 376. The van der Waals surface area contributed by atoms with Crippen LogP contribution in [0.3, 0.4) is 0 Å². The fourth-order valence-electron chi connectivity index (χ4n) is 1.44. The molecule has 17 heavy (non-hydrogen) atoms. The van der Waals surface area contributed by atoms with E-state index in [1.807, 2.05) is 0 Å². The number of hydrogen-bond acceptors (Lipinski definition) is 4. The van der Waals surface area contributed by atoms with Gasteiger partial charge in [0.15, 0.2) is 0 Å². The average molecular weight is 239 g/mol. The first-order valence-corrected chi connectivity index (χ1v) is 6.04. The summed E-state index contributed by atoms with van der Waals surface area (Å²) in [5.74, 6) is 0. The summed E-state index contributed by atoms with van der Waals surface area (Å²) in [7, 11) is 1.67. The highest BCUT2D eigenvalue weighted by molar-refractivity contribution is 4.99. The molecule has 0 atom stereocenters. The van der Waals surface area contributed by atoms with E-state index in [4.69, 9.17) is 4.74 Å². The summed E-state index contributed by atoms with van der Waals surface area (Å²) in [6.07, 6.45) is 2.04. The Balaban J connectivity index is 2.52. The molecule has 0 fully saturated rings. The third-order valence-corrected chi connectivity index (χ3v) is 2.43. The van der Waals surface area contributed by atoms with Gasteiger partial charge in [0.2, 0.25) is 0 Å². The number of rotatable bonds is 8. The lowest BCUT2D eigenvalue weighted by Crippen LogP contribution is -2.26. The van der Waals surface area contributed by atoms with Gasteiger partial charge in [-0.05, 0) is 12.5 Å². The SMILES string of the molecule is CCCCn1nc(CNCCOC)ccc1=O. The number of ether oxygens (including phenoxy) is 1. The summed E-state index contributed by atoms with van der Waals surface area (Å²) in [4.78, 5) is 11.5. The Morgan fingerprint density at radius 2 is 2.29 bits per heavy atom. The normalized spacial score (nSPS) is 10.7. The van der Waals surface area contributed by atoms with Gasteiger partial charge in [-0.25, -0.2) is 4.68 Å². The van der Waals surface area contributed by atoms with Crippen molar-refractivity contribution in [2.75, 3.05) is 20.3 Å². The molecule has 1 N–H and O–H groups in total. The molecule has 0 amide bonds. The summed E-state index contributed by atoms with van der Waals surface area (Å²) < 4.78 is 6.48. The fourth-order valence-corrected chi connectivity index (χ4v) is 1.44. The summed E-state index contributed by atoms with van der Waals surface area (Å²) in [5, 5.41) is 7.51. The van der Waals surface area contributed by atoms with E-state index >= 15 is 0 Å². The van der Waals surface area contributed by atoms with Crippen molar-refractivity contribution in [3.8, 4) is 0 Å². The number of hydrogen-bond donors (Lipinski definition) is 1. The maximum Gasteiger partial charge on any atom is 0.266 e. The van der Waals surface area contributed by atoms with Crippen molar-refractivity contribution in [3.05, 3.63) is 28.2 Å². The Morgan fingerprint density at radius 3 is 3.00 bits per heavy atom. The molecule has 0 aliphatic rings. The topological polar surface area (TPSA) is 56.1 Å². The predicted molar refractivity (Wildman–Crippen MR) is 67.0 cm³/mol. The van der Waals surface area contributed by atoms with Crippen molar-refractivity contribution in [2.24, 2.45) is 0 Å². The summed E-state index contributed by atoms with van der Waals surface area (Å²) >= 11 is 0. The molecule has 5 heteroatoms. The van der Waals surface area contributed by atoms with Gasteiger partial charge < -0.3 is 10.1 Å². The first kappa shape index (κ1) is 13.9. The molecule has 0 aromatic carbocycles. The molecule has 1 rings (SSSR count). The van der Waals surface area contributed by atoms with E-state index in [0.717, 1.165) is 25.1 Å². The van der Waals surface area contributed by atoms with Gasteiger partial charge in [0, 0.05) is 32.8 Å². The van der Waals surface area contributed by atoms with E-state index in [1.165, 1.54) is 4.68 Å². The van der Waals surface area contributed by atoms with Crippen molar-refractivity contribution < 1.29 is 4.74 Å². The van der Waals surface area contributed by atoms with Gasteiger partial charge in [0.25, 0.3) is 5.56 Å². The van der Waals surface area contributed by atoms with Crippen molar-refractivity contribution in [2.45, 2.75) is 32.9 Å². The Hall–Kier alpha value is -1.20. The van der Waals surface area contributed by atoms with Crippen LogP contribution >= 0.6 is 0 Å². The van der Waals surface area contributed by atoms with E-state index in [2.05, 4.69) is 17.3 Å². The highest BCUT2D eigenvalue weighted by Gasteiger charge is 2.00. The lowest BCUT2D eigenvalue weighted by atomic mass is 10.3. The zero-order chi connectivity index (χ0) is 12.5. The standard InChI is InChI=1S/C12H21N3O2/c1-3-4-8-15-12(16)6-5-11(14-15)10-13-7-9-17-2/h5-6,13H,3-4,7-10H2,1-2H3. The third kappa shape index (κ3) is 5.10. The van der Waals surface area contributed by atoms with Crippen LogP contribution in [0.2, 0.25) is 0 Å². The van der Waals surface area contributed by atoms with E-state index in [9.17, 15) is 4.79 Å². The van der Waals surface area contributed by atoms with Crippen LogP contribution in [-0.2, 0) is 17.8 Å². The molecule has 1 aromatic heterocycles. The van der Waals surface area contributed by atoms with Gasteiger partial charge in [-0.2, -0.15) is 5.10 Å². The first-order valence-electron chi connectivity index (χ1n) is 6.04. The second kappa shape index (κ2) is 7.97. The molecule has 1 heterocycles. The molecule has 0 radical (unpaired) electrons. The monoisotopic (exact) mass is 239 g/mol. The molecule has 1 aromatic rings. The van der Waals surface area contributed by atoms with Crippen LogP contribution in [0.5, 0.6) is 0 Å². The van der Waals surface area contributed by atoms with Crippen LogP contribution in [0.4, 0.5) is 0 Å². The van der Waals surface area contributed by atoms with Crippen LogP contribution in [-0.4, -0.2) is 30.0 Å². The third-order valence-electron chi connectivity index (χ3n) is 2.43. The minimum Gasteiger partial charge on any atom is -0.383 e. The molecule has 0 saturated heterocycles. The van der Waals surface area contributed by atoms with Crippen LogP contribution < -0.4 is 10.9 Å². The zero-order valence-corrected chi connectivity index (χ0v) is 10.6. The van der Waals surface area contributed by atoms with E-state index in [0.29, 0.717) is 19.7 Å². The van der Waals surface area contributed by atoms with Gasteiger partial charge >= 0.3 is 0 Å². The summed E-state index contributed by atoms with van der Waals surface area (Å²) in [6.45, 7) is 4.92. The molecule has 0 spiro atoms. The average Bonchev–Trinajstić information content (AvgIpc) is 2.35. The van der Waals surface area contributed by atoms with Crippen LogP contribution in [0.1, 0.15) is 25.5 Å². The van der Waals surface area contributed by atoms with E-state index < -0.39 is 0 Å². The first-order chi connectivity index (χ1) is 8.27. The molecular weight excluding hydrogens is 218 g/mol. The quantitative estimate of drug-likeness (QED) is 0.681. The van der Waals surface area contributed by atoms with Gasteiger partial charge in [0.05, 0.1) is 12.3 Å². The summed E-state index contributed by atoms with van der Waals surface area (Å²) in [6, 6.07) is 3.35. The maximum absolute atomic E-state index is 11.5. The highest BCUT2D eigenvalue weighted by atomic mass is 16.5. The van der Waals surface area contributed by atoms with Crippen LogP contribution in [0.15, 0.2) is 16.9 Å². The minimum atomic E-state index is -0.0286. The molecule has 96 valence electrons. The Labute approximate surface area is 102 Å². The number of nitrogens with zero attached hydrogens (tertiary/aromatic N) is 2. The van der Waals surface area contributed by atoms with Crippen LogP contribution in [0, 0.1) is 0 Å². The number of aryl methyl sites for hydroxylation is 1. The minimum absolute atomic E-state index is 0.0286. The molecule has 0 aliphatic heterocycles. The second-order valence-electron chi connectivity index (χ2n) is 3.91. The molecule has 0 unspecified atom stereocenters. The number of aromatic nitrogens is 2. The largest absolute Gasteiger partial charge is 0.383 e. The summed E-state index contributed by atoms with van der Waals surface area (Å²) in [5.41, 5.74) is 0.857. The zero-order valence-electron chi connectivity index (χ0n) is 10.6. The van der Waals surface area contributed by atoms with E-state index in [1.54, 1.807) is 19.2 Å². The number of methoxy groups -OCH3 is 1. The van der Waals surface area contributed by atoms with Gasteiger partial charge in [-0.15, -0.1) is 0 Å². The maximum atomic E-state index is 11.5. The lowest BCUT2D eigenvalue weighted by molar-refractivity contribution is 0.199. The molecule has 0 aliphatic carbocycles. The van der Waals surface area contributed by atoms with Crippen molar-refractivity contribution in [1.82, 2.24) is 15.1 Å². The molecule has 5 nitrogen and oxygen atoms in total. The highest BCUT2D eigenvalue weighted by Crippen LogP contribution is 1.93. The van der Waals surface area contributed by atoms with Crippen molar-refractivity contribution >= 4 is 0 Å². The molecule has 0 bridgehead atoms. The number of unbranched alkanes of at least 4 members (excludes halogenated alkanes) is 1. The molecule has 0 saturated carbocycles. The van der Waals surface area contributed by atoms with E-state index in [-0.39, 0.29) is 5.56 Å². The second-order valence-corrected chi connectivity index (χ2v) is 3.91. The smallest absolute Gasteiger partial charge is 0.266 e. The van der Waals surface area contributed by atoms with Gasteiger partial charge in [-0.3, -0.25) is 4.79 Å². The Morgan fingerprint density at radius 1 is 1.47 bits per heavy atom. The van der Waals surface area contributed by atoms with Gasteiger partial charge in [-0.1, -0.05) is 13.3 Å². The lowest BCUT2D eigenvalue weighted by Gasteiger charge is -2.07. The fraction of sp³-hybridized carbons (Fsp3) is 0.667.